The van der Waals surface area contributed by atoms with Crippen LogP contribution in [0.4, 0.5) is 4.79 Å². The fourth-order valence-corrected chi connectivity index (χ4v) is 10.0. The minimum Gasteiger partial charge on any atom is -0.346 e. The van der Waals surface area contributed by atoms with Crippen LogP contribution in [0.15, 0.2) is 41.8 Å². The number of urea groups is 1. The van der Waals surface area contributed by atoms with Gasteiger partial charge in [0.05, 0.1) is 10.9 Å². The third kappa shape index (κ3) is 11.0. The van der Waals surface area contributed by atoms with Crippen molar-refractivity contribution in [1.29, 1.82) is 0 Å². The molecule has 0 bridgehead atoms. The van der Waals surface area contributed by atoms with Crippen molar-refractivity contribution in [3.63, 3.8) is 0 Å². The van der Waals surface area contributed by atoms with Crippen LogP contribution in [0, 0.1) is 29.1 Å². The minimum absolute atomic E-state index is 0.0446. The molecule has 0 aromatic heterocycles. The third-order valence-electron chi connectivity index (χ3n) is 12.0. The molecule has 1 aromatic carbocycles. The summed E-state index contributed by atoms with van der Waals surface area (Å²) in [5.74, 6) is -1.72. The van der Waals surface area contributed by atoms with Crippen molar-refractivity contribution >= 4 is 39.6 Å². The van der Waals surface area contributed by atoms with Gasteiger partial charge < -0.3 is 26.2 Å². The van der Waals surface area contributed by atoms with E-state index >= 15 is 0 Å². The molecule has 2 saturated carbocycles. The van der Waals surface area contributed by atoms with Gasteiger partial charge in [-0.25, -0.2) is 13.2 Å². The predicted octanol–water partition coefficient (Wildman–Crippen LogP) is 4.66. The molecule has 56 heavy (non-hydrogen) atoms. The fraction of sp³-hybridized carbons (Fsp3) is 0.690. The van der Waals surface area contributed by atoms with Crippen LogP contribution in [0.3, 0.4) is 0 Å². The Bertz CT molecular complexity index is 1720. The fourth-order valence-electron chi connectivity index (χ4n) is 8.36. The van der Waals surface area contributed by atoms with Crippen LogP contribution in [0.25, 0.3) is 0 Å². The number of hydrogen-bond acceptors (Lipinski definition) is 7. The highest BCUT2D eigenvalue weighted by Gasteiger charge is 2.46. The topological polar surface area (TPSA) is 174 Å². The Kier molecular flexibility index (Phi) is 14.4. The van der Waals surface area contributed by atoms with Gasteiger partial charge in [0.15, 0.2) is 0 Å². The van der Waals surface area contributed by atoms with Crippen LogP contribution >= 0.6 is 0 Å². The number of carbonyl (C=O) groups excluding carboxylic acids is 5. The zero-order chi connectivity index (χ0) is 40.8. The minimum atomic E-state index is -3.74. The first kappa shape index (κ1) is 43.3. The number of nitrogens with zero attached hydrogens (tertiary/aromatic N) is 2. The van der Waals surface area contributed by atoms with E-state index in [0.29, 0.717) is 30.9 Å². The molecule has 4 aliphatic rings. The maximum absolute atomic E-state index is 14.9. The monoisotopic (exact) mass is 796 g/mol. The summed E-state index contributed by atoms with van der Waals surface area (Å²) in [5, 5.41) is 11.5. The van der Waals surface area contributed by atoms with Gasteiger partial charge in [0.1, 0.15) is 12.1 Å². The molecule has 2 aliphatic heterocycles. The molecule has 5 amide bonds. The number of amides is 5. The first-order valence-electron chi connectivity index (χ1n) is 20.7. The van der Waals surface area contributed by atoms with Crippen molar-refractivity contribution in [3.8, 4) is 0 Å². The molecule has 0 radical (unpaired) electrons. The normalized spacial score (nSPS) is 22.8. The van der Waals surface area contributed by atoms with E-state index in [4.69, 9.17) is 0 Å². The lowest BCUT2D eigenvalue weighted by Crippen LogP contribution is -2.60. The zero-order valence-electron chi connectivity index (χ0n) is 34.0. The van der Waals surface area contributed by atoms with Crippen molar-refractivity contribution < 1.29 is 32.4 Å². The molecule has 13 nitrogen and oxygen atoms in total. The molecule has 14 heteroatoms. The highest BCUT2D eigenvalue weighted by Crippen LogP contribution is 2.36. The van der Waals surface area contributed by atoms with E-state index in [0.717, 1.165) is 57.8 Å². The quantitative estimate of drug-likeness (QED) is 0.131. The van der Waals surface area contributed by atoms with E-state index in [9.17, 15) is 32.4 Å². The van der Waals surface area contributed by atoms with E-state index < -0.39 is 63.2 Å². The van der Waals surface area contributed by atoms with Crippen molar-refractivity contribution in [3.05, 3.63) is 42.5 Å². The van der Waals surface area contributed by atoms with Crippen molar-refractivity contribution in [2.24, 2.45) is 29.1 Å². The van der Waals surface area contributed by atoms with Crippen LogP contribution in [-0.2, 0) is 35.7 Å². The second-order valence-electron chi connectivity index (χ2n) is 18.0. The number of fused-ring (bicyclic) bond motifs is 1. The first-order chi connectivity index (χ1) is 26.5. The molecule has 2 aliphatic carbocycles. The van der Waals surface area contributed by atoms with E-state index in [1.54, 1.807) is 23.1 Å². The van der Waals surface area contributed by atoms with Gasteiger partial charge in [-0.3, -0.25) is 19.2 Å². The lowest BCUT2D eigenvalue weighted by atomic mass is 9.83. The molecule has 2 heterocycles. The Labute approximate surface area is 333 Å². The average Bonchev–Trinajstić information content (AvgIpc) is 3.81. The number of sulfonamides is 1. The molecule has 3 fully saturated rings. The van der Waals surface area contributed by atoms with Crippen molar-refractivity contribution in [1.82, 2.24) is 30.5 Å². The summed E-state index contributed by atoms with van der Waals surface area (Å²) in [4.78, 5) is 71.0. The molecule has 5 atom stereocenters. The number of carbonyl (C=O) groups is 5. The summed E-state index contributed by atoms with van der Waals surface area (Å²) >= 11 is 0. The van der Waals surface area contributed by atoms with Gasteiger partial charge in [-0.1, -0.05) is 97.4 Å². The summed E-state index contributed by atoms with van der Waals surface area (Å²) < 4.78 is 28.3. The van der Waals surface area contributed by atoms with Crippen LogP contribution in [0.2, 0.25) is 0 Å². The Morgan fingerprint density at radius 1 is 0.946 bits per heavy atom. The Hall–Kier alpha value is -3.78. The molecule has 1 saturated heterocycles. The van der Waals surface area contributed by atoms with Gasteiger partial charge in [0, 0.05) is 32.2 Å². The van der Waals surface area contributed by atoms with Crippen LogP contribution < -0.4 is 21.3 Å². The summed E-state index contributed by atoms with van der Waals surface area (Å²) in [6.45, 7) is 14.4. The standard InChI is InChI=1S/C42H64N6O7S/c1-7-21-43-39(51)37(49)32(22-28-19-20-28)44-38(50)33-23-29(18-17-27(2)3)24-48(33)40(52)36(30-13-9-8-10-14-30)46-41(53)45-35(42(4,5)6)26-47-25-31-15-11-12-16-34(31)56(47,54)55/h7,11-12,15-16,27-30,32-33,35-36H,1,8-10,13-14,17-26H2,2-6H3,(H,43,51)(H,44,50)(H2,45,46,53)/t29?,32?,33-,35+,36-/m0/s1. The summed E-state index contributed by atoms with van der Waals surface area (Å²) in [6, 6.07) is 2.95. The summed E-state index contributed by atoms with van der Waals surface area (Å²) in [6.07, 6.45) is 10.2. The number of ketones is 1. The van der Waals surface area contributed by atoms with Crippen molar-refractivity contribution in [2.75, 3.05) is 19.6 Å². The van der Waals surface area contributed by atoms with Gasteiger partial charge in [-0.2, -0.15) is 4.31 Å². The maximum atomic E-state index is 14.9. The van der Waals surface area contributed by atoms with Crippen LogP contribution in [-0.4, -0.2) is 91.0 Å². The van der Waals surface area contributed by atoms with Gasteiger partial charge in [0.2, 0.25) is 27.6 Å². The van der Waals surface area contributed by atoms with E-state index in [-0.39, 0.29) is 48.2 Å². The first-order valence-corrected chi connectivity index (χ1v) is 22.1. The molecule has 5 rings (SSSR count). The molecule has 310 valence electrons. The van der Waals surface area contributed by atoms with E-state index in [2.05, 4.69) is 41.7 Å². The second kappa shape index (κ2) is 18.7. The Morgan fingerprint density at radius 3 is 2.27 bits per heavy atom. The second-order valence-corrected chi connectivity index (χ2v) is 19.9. The largest absolute Gasteiger partial charge is 0.346 e. The molecular formula is C42H64N6O7S. The summed E-state index contributed by atoms with van der Waals surface area (Å²) in [5.41, 5.74) is 0.174. The molecular weight excluding hydrogens is 733 g/mol. The van der Waals surface area contributed by atoms with Crippen LogP contribution in [0.1, 0.15) is 111 Å². The number of benzene rings is 1. The lowest BCUT2D eigenvalue weighted by Gasteiger charge is -2.37. The highest BCUT2D eigenvalue weighted by atomic mass is 32.2. The van der Waals surface area contributed by atoms with Crippen LogP contribution in [0.5, 0.6) is 0 Å². The van der Waals surface area contributed by atoms with Gasteiger partial charge >= 0.3 is 6.03 Å². The molecule has 2 unspecified atom stereocenters. The molecule has 1 aromatic rings. The van der Waals surface area contributed by atoms with Crippen molar-refractivity contribution in [2.45, 2.75) is 141 Å². The van der Waals surface area contributed by atoms with E-state index in [1.165, 1.54) is 10.4 Å². The number of hydrogen-bond donors (Lipinski definition) is 4. The lowest BCUT2D eigenvalue weighted by molar-refractivity contribution is -0.143. The zero-order valence-corrected chi connectivity index (χ0v) is 34.8. The highest BCUT2D eigenvalue weighted by molar-refractivity contribution is 7.89. The number of nitrogens with one attached hydrogen (secondary N) is 4. The smallest absolute Gasteiger partial charge is 0.315 e. The average molecular weight is 797 g/mol. The number of likely N-dealkylation sites (tertiary alicyclic amines) is 1. The maximum Gasteiger partial charge on any atom is 0.315 e. The predicted molar refractivity (Wildman–Crippen MR) is 214 cm³/mol. The number of rotatable bonds is 17. The third-order valence-corrected chi connectivity index (χ3v) is 13.9. The van der Waals surface area contributed by atoms with Gasteiger partial charge in [-0.15, -0.1) is 6.58 Å². The van der Waals surface area contributed by atoms with E-state index in [1.807, 2.05) is 26.8 Å². The summed E-state index contributed by atoms with van der Waals surface area (Å²) in [7, 11) is -3.74. The Balaban J connectivity index is 1.36. The molecule has 4 N–H and O–H groups in total. The Morgan fingerprint density at radius 2 is 1.64 bits per heavy atom. The molecule has 0 spiro atoms. The SMILES string of the molecule is C=CCNC(=O)C(=O)C(CC1CC1)NC(=O)[C@@H]1CC(CCC(C)C)CN1C(=O)[C@@H](NC(=O)N[C@H](CN1Cc2ccccc2S1(=O)=O)C(C)(C)C)C1CCCCC1. The van der Waals surface area contributed by atoms with Gasteiger partial charge in [0.25, 0.3) is 5.91 Å². The number of Topliss-reactive ketones (excluding diaryl/α,β-unsaturated/α-hetero) is 1. The van der Waals surface area contributed by atoms with Gasteiger partial charge in [-0.05, 0) is 72.8 Å².